The van der Waals surface area contributed by atoms with Gasteiger partial charge in [-0.3, -0.25) is 4.79 Å². The molecule has 1 amide bonds. The fourth-order valence-corrected chi connectivity index (χ4v) is 5.34. The van der Waals surface area contributed by atoms with E-state index in [4.69, 9.17) is 9.84 Å². The standard InChI is InChI=1S/C30H23N3O2S/c1-35-25-15-13-22(14-16-25)27-19-26(24-12-11-21-9-5-6-10-23(21)18-24)32-33(27)29-28(36-30(34)31-29)17-20-7-3-2-4-8-20/h2-18,27H,19H2,1H3/b28-17-. The fraction of sp³-hybridized carbons (Fsp3) is 0.100. The van der Waals surface area contributed by atoms with E-state index in [2.05, 4.69) is 47.5 Å². The average molecular weight is 490 g/mol. The van der Waals surface area contributed by atoms with Gasteiger partial charge in [0.25, 0.3) is 0 Å². The minimum atomic E-state index is -0.227. The summed E-state index contributed by atoms with van der Waals surface area (Å²) in [6.07, 6.45) is 2.70. The molecule has 1 unspecified atom stereocenters. The van der Waals surface area contributed by atoms with Crippen molar-refractivity contribution in [1.29, 1.82) is 0 Å². The third kappa shape index (κ3) is 4.32. The fourth-order valence-electron chi connectivity index (χ4n) is 4.60. The lowest BCUT2D eigenvalue weighted by Crippen LogP contribution is -2.26. The van der Waals surface area contributed by atoms with Crippen molar-refractivity contribution in [2.75, 3.05) is 7.11 Å². The first-order chi connectivity index (χ1) is 17.7. The van der Waals surface area contributed by atoms with Crippen molar-refractivity contribution in [2.45, 2.75) is 12.5 Å². The van der Waals surface area contributed by atoms with E-state index in [9.17, 15) is 4.79 Å². The predicted molar refractivity (Wildman–Crippen MR) is 148 cm³/mol. The van der Waals surface area contributed by atoms with E-state index in [0.717, 1.165) is 44.8 Å². The predicted octanol–water partition coefficient (Wildman–Crippen LogP) is 7.31. The number of carbonyl (C=O) groups is 1. The number of hydrazone groups is 1. The van der Waals surface area contributed by atoms with Crippen molar-refractivity contribution < 1.29 is 9.53 Å². The normalized spacial score (nSPS) is 18.6. The average Bonchev–Trinajstić information content (AvgIpc) is 3.52. The molecule has 0 bridgehead atoms. The van der Waals surface area contributed by atoms with E-state index < -0.39 is 0 Å². The number of benzene rings is 4. The van der Waals surface area contributed by atoms with Gasteiger partial charge >= 0.3 is 5.24 Å². The zero-order valence-corrected chi connectivity index (χ0v) is 20.5. The maximum Gasteiger partial charge on any atom is 0.311 e. The summed E-state index contributed by atoms with van der Waals surface area (Å²) in [4.78, 5) is 17.7. The summed E-state index contributed by atoms with van der Waals surface area (Å²) in [5, 5.41) is 9.11. The Morgan fingerprint density at radius 1 is 0.917 bits per heavy atom. The van der Waals surface area contributed by atoms with Gasteiger partial charge < -0.3 is 4.74 Å². The number of aliphatic imine (C=N–C) groups is 1. The number of rotatable bonds is 4. The third-order valence-corrected chi connectivity index (χ3v) is 7.21. The van der Waals surface area contributed by atoms with E-state index in [1.807, 2.05) is 65.7 Å². The highest BCUT2D eigenvalue weighted by molar-refractivity contribution is 8.18. The van der Waals surface area contributed by atoms with Crippen LogP contribution in [0, 0.1) is 0 Å². The molecule has 6 rings (SSSR count). The monoisotopic (exact) mass is 489 g/mol. The largest absolute Gasteiger partial charge is 0.497 e. The number of amidine groups is 1. The van der Waals surface area contributed by atoms with Gasteiger partial charge in [-0.15, -0.1) is 0 Å². The van der Waals surface area contributed by atoms with Crippen molar-refractivity contribution >= 4 is 45.4 Å². The molecule has 1 atom stereocenters. The Kier molecular flexibility index (Phi) is 5.87. The van der Waals surface area contributed by atoms with Crippen LogP contribution < -0.4 is 4.74 Å². The zero-order chi connectivity index (χ0) is 24.5. The van der Waals surface area contributed by atoms with Gasteiger partial charge in [-0.25, -0.2) is 5.01 Å². The summed E-state index contributed by atoms with van der Waals surface area (Å²) in [5.41, 5.74) is 4.14. The van der Waals surface area contributed by atoms with E-state index in [1.54, 1.807) is 7.11 Å². The maximum atomic E-state index is 12.5. The molecular formula is C30H23N3O2S. The number of carbonyl (C=O) groups excluding carboxylic acids is 1. The molecule has 0 saturated heterocycles. The van der Waals surface area contributed by atoms with Crippen LogP contribution in [-0.2, 0) is 0 Å². The maximum absolute atomic E-state index is 12.5. The van der Waals surface area contributed by atoms with Crippen molar-refractivity contribution in [1.82, 2.24) is 5.01 Å². The van der Waals surface area contributed by atoms with Crippen LogP contribution in [0.4, 0.5) is 4.79 Å². The van der Waals surface area contributed by atoms with E-state index in [0.29, 0.717) is 12.3 Å². The van der Waals surface area contributed by atoms with Gasteiger partial charge in [0.1, 0.15) is 5.75 Å². The topological polar surface area (TPSA) is 54.3 Å². The Morgan fingerprint density at radius 3 is 2.44 bits per heavy atom. The van der Waals surface area contributed by atoms with Gasteiger partial charge in [0.05, 0.1) is 23.8 Å². The molecule has 0 N–H and O–H groups in total. The van der Waals surface area contributed by atoms with Gasteiger partial charge in [-0.2, -0.15) is 10.1 Å². The number of methoxy groups -OCH3 is 1. The lowest BCUT2D eigenvalue weighted by atomic mass is 9.97. The Hall–Kier alpha value is -4.16. The van der Waals surface area contributed by atoms with Gasteiger partial charge in [0.2, 0.25) is 0 Å². The molecule has 2 heterocycles. The number of thioether (sulfide) groups is 1. The summed E-state index contributed by atoms with van der Waals surface area (Å²) in [6, 6.07) is 32.7. The molecular weight excluding hydrogens is 466 g/mol. The molecule has 0 spiro atoms. The molecule has 4 aromatic carbocycles. The van der Waals surface area contributed by atoms with Crippen LogP contribution in [0.3, 0.4) is 0 Å². The van der Waals surface area contributed by atoms with Crippen molar-refractivity contribution in [3.63, 3.8) is 0 Å². The van der Waals surface area contributed by atoms with Crippen molar-refractivity contribution in [3.05, 3.63) is 119 Å². The lowest BCUT2D eigenvalue weighted by Gasteiger charge is -2.24. The summed E-state index contributed by atoms with van der Waals surface area (Å²) >= 11 is 1.15. The molecule has 36 heavy (non-hydrogen) atoms. The van der Waals surface area contributed by atoms with Crippen molar-refractivity contribution in [3.8, 4) is 5.75 Å². The zero-order valence-electron chi connectivity index (χ0n) is 19.7. The second-order valence-electron chi connectivity index (χ2n) is 8.67. The van der Waals surface area contributed by atoms with Gasteiger partial charge in [-0.05, 0) is 63.5 Å². The van der Waals surface area contributed by atoms with Crippen LogP contribution in [0.25, 0.3) is 16.8 Å². The Balaban J connectivity index is 1.43. The molecule has 0 radical (unpaired) electrons. The van der Waals surface area contributed by atoms with Crippen molar-refractivity contribution in [2.24, 2.45) is 10.1 Å². The SMILES string of the molecule is COc1ccc(C2CC(c3ccc4ccccc4c3)=NN2C2=NC(=O)S/C2=C\c2ccccc2)cc1. The lowest BCUT2D eigenvalue weighted by molar-refractivity contribution is 0.267. The number of ether oxygens (including phenoxy) is 1. The van der Waals surface area contributed by atoms with Gasteiger partial charge in [0, 0.05) is 6.42 Å². The van der Waals surface area contributed by atoms with Crippen LogP contribution in [0.5, 0.6) is 5.75 Å². The second-order valence-corrected chi connectivity index (χ2v) is 9.66. The third-order valence-electron chi connectivity index (χ3n) is 6.42. The first kappa shape index (κ1) is 22.3. The smallest absolute Gasteiger partial charge is 0.311 e. The molecule has 0 fully saturated rings. The van der Waals surface area contributed by atoms with E-state index >= 15 is 0 Å². The van der Waals surface area contributed by atoms with Crippen LogP contribution in [0.1, 0.15) is 29.2 Å². The number of hydrogen-bond acceptors (Lipinski definition) is 5. The van der Waals surface area contributed by atoms with E-state index in [-0.39, 0.29) is 11.3 Å². The molecule has 0 saturated carbocycles. The highest BCUT2D eigenvalue weighted by atomic mass is 32.2. The minimum absolute atomic E-state index is 0.0956. The summed E-state index contributed by atoms with van der Waals surface area (Å²) in [7, 11) is 1.66. The first-order valence-electron chi connectivity index (χ1n) is 11.8. The summed E-state index contributed by atoms with van der Waals surface area (Å²) < 4.78 is 5.36. The van der Waals surface area contributed by atoms with Crippen LogP contribution >= 0.6 is 11.8 Å². The number of hydrogen-bond donors (Lipinski definition) is 0. The first-order valence-corrected chi connectivity index (χ1v) is 12.6. The Labute approximate surface area is 213 Å². The van der Waals surface area contributed by atoms with Gasteiger partial charge in [0.15, 0.2) is 5.84 Å². The molecule has 0 aromatic heterocycles. The molecule has 2 aliphatic rings. The van der Waals surface area contributed by atoms with Crippen LogP contribution in [0.15, 0.2) is 112 Å². The Bertz CT molecular complexity index is 1540. The number of nitrogens with zero attached hydrogens (tertiary/aromatic N) is 3. The highest BCUT2D eigenvalue weighted by Gasteiger charge is 2.37. The summed E-state index contributed by atoms with van der Waals surface area (Å²) in [6.45, 7) is 0. The quantitative estimate of drug-likeness (QED) is 0.302. The number of amides is 1. The minimum Gasteiger partial charge on any atom is -0.497 e. The molecule has 5 nitrogen and oxygen atoms in total. The molecule has 0 aliphatic carbocycles. The highest BCUT2D eigenvalue weighted by Crippen LogP contribution is 2.40. The Morgan fingerprint density at radius 2 is 1.67 bits per heavy atom. The number of fused-ring (bicyclic) bond motifs is 1. The molecule has 6 heteroatoms. The van der Waals surface area contributed by atoms with Crippen LogP contribution in [-0.4, -0.2) is 28.9 Å². The van der Waals surface area contributed by atoms with Crippen LogP contribution in [0.2, 0.25) is 0 Å². The molecule has 176 valence electrons. The van der Waals surface area contributed by atoms with Gasteiger partial charge in [-0.1, -0.05) is 78.9 Å². The molecule has 2 aliphatic heterocycles. The molecule has 4 aromatic rings. The second kappa shape index (κ2) is 9.47. The summed E-state index contributed by atoms with van der Waals surface area (Å²) in [5.74, 6) is 1.39. The van der Waals surface area contributed by atoms with E-state index in [1.165, 1.54) is 10.8 Å².